The van der Waals surface area contributed by atoms with Gasteiger partial charge in [-0.3, -0.25) is 4.79 Å². The first-order valence-electron chi connectivity index (χ1n) is 6.07. The predicted octanol–water partition coefficient (Wildman–Crippen LogP) is 2.45. The van der Waals surface area contributed by atoms with E-state index in [0.29, 0.717) is 13.2 Å². The summed E-state index contributed by atoms with van der Waals surface area (Å²) in [5.74, 6) is 0.824. The van der Waals surface area contributed by atoms with Crippen LogP contribution in [0.1, 0.15) is 13.8 Å². The van der Waals surface area contributed by atoms with E-state index in [1.165, 1.54) is 23.1 Å². The molecule has 0 aliphatic carbocycles. The summed E-state index contributed by atoms with van der Waals surface area (Å²) < 4.78 is 6.60. The van der Waals surface area contributed by atoms with E-state index in [-0.39, 0.29) is 11.2 Å². The van der Waals surface area contributed by atoms with Crippen LogP contribution in [-0.4, -0.2) is 47.4 Å². The summed E-state index contributed by atoms with van der Waals surface area (Å²) in [5, 5.41) is 10.8. The van der Waals surface area contributed by atoms with Crippen molar-refractivity contribution in [2.75, 3.05) is 26.0 Å². The van der Waals surface area contributed by atoms with E-state index in [1.807, 2.05) is 13.8 Å². The van der Waals surface area contributed by atoms with Crippen molar-refractivity contribution >= 4 is 40.8 Å². The molecule has 0 aliphatic rings. The number of methoxy groups -OCH3 is 1. The normalized spacial score (nSPS) is 12.2. The Labute approximate surface area is 132 Å². The number of aromatic nitrogens is 2. The Hall–Kier alpha value is -0.570. The zero-order valence-electron chi connectivity index (χ0n) is 11.8. The second kappa shape index (κ2) is 9.38. The van der Waals surface area contributed by atoms with Crippen molar-refractivity contribution in [1.29, 1.82) is 0 Å². The highest BCUT2D eigenvalue weighted by atomic mass is 32.2. The van der Waals surface area contributed by atoms with Gasteiger partial charge in [0.15, 0.2) is 8.68 Å². The van der Waals surface area contributed by atoms with Gasteiger partial charge in [0.2, 0.25) is 5.91 Å². The Morgan fingerprint density at radius 3 is 2.85 bits per heavy atom. The minimum Gasteiger partial charge on any atom is -0.383 e. The lowest BCUT2D eigenvalue weighted by molar-refractivity contribution is -0.120. The van der Waals surface area contributed by atoms with Gasteiger partial charge >= 0.3 is 0 Å². The number of ether oxygens (including phenoxy) is 1. The number of rotatable bonds is 9. The van der Waals surface area contributed by atoms with Gasteiger partial charge in [0.25, 0.3) is 0 Å². The monoisotopic (exact) mass is 333 g/mol. The van der Waals surface area contributed by atoms with Gasteiger partial charge in [-0.25, -0.2) is 0 Å². The van der Waals surface area contributed by atoms with E-state index in [2.05, 4.69) is 22.1 Å². The van der Waals surface area contributed by atoms with Crippen LogP contribution in [0, 0.1) is 0 Å². The molecule has 1 heterocycles. The Bertz CT molecular complexity index is 451. The van der Waals surface area contributed by atoms with Crippen LogP contribution in [0.15, 0.2) is 20.8 Å². The number of carbonyl (C=O) groups is 1. The Balaban J connectivity index is 2.39. The molecule has 0 saturated carbocycles. The number of nitrogens with one attached hydrogen (secondary N) is 1. The first-order chi connectivity index (χ1) is 9.52. The molecular weight excluding hydrogens is 314 g/mol. The van der Waals surface area contributed by atoms with Crippen molar-refractivity contribution in [3.05, 3.63) is 12.2 Å². The van der Waals surface area contributed by atoms with Gasteiger partial charge < -0.3 is 10.1 Å². The molecule has 1 aromatic rings. The van der Waals surface area contributed by atoms with E-state index in [1.54, 1.807) is 18.9 Å². The van der Waals surface area contributed by atoms with Gasteiger partial charge in [0.1, 0.15) is 0 Å². The molecule has 0 spiro atoms. The van der Waals surface area contributed by atoms with Crippen LogP contribution >= 0.6 is 34.9 Å². The smallest absolute Gasteiger partial charge is 0.233 e. The average molecular weight is 334 g/mol. The average Bonchev–Trinajstić information content (AvgIpc) is 2.84. The van der Waals surface area contributed by atoms with Crippen LogP contribution < -0.4 is 5.32 Å². The minimum absolute atomic E-state index is 0.0154. The van der Waals surface area contributed by atoms with Gasteiger partial charge in [0, 0.05) is 19.4 Å². The number of thioether (sulfide) groups is 2. The maximum atomic E-state index is 11.8. The van der Waals surface area contributed by atoms with E-state index in [0.717, 1.165) is 20.0 Å². The second-order valence-electron chi connectivity index (χ2n) is 4.12. The molecule has 0 fully saturated rings. The fraction of sp³-hybridized carbons (Fsp3) is 0.583. The topological polar surface area (TPSA) is 64.1 Å². The highest BCUT2D eigenvalue weighted by molar-refractivity contribution is 8.04. The van der Waals surface area contributed by atoms with Crippen molar-refractivity contribution in [3.8, 4) is 0 Å². The Morgan fingerprint density at radius 1 is 1.50 bits per heavy atom. The molecule has 0 unspecified atom stereocenters. The van der Waals surface area contributed by atoms with Gasteiger partial charge in [-0.05, 0) is 13.8 Å². The molecule has 0 saturated heterocycles. The molecule has 112 valence electrons. The van der Waals surface area contributed by atoms with Crippen LogP contribution in [0.2, 0.25) is 0 Å². The zero-order valence-corrected chi connectivity index (χ0v) is 14.3. The third-order valence-electron chi connectivity index (χ3n) is 2.08. The molecule has 5 nitrogen and oxygen atoms in total. The van der Waals surface area contributed by atoms with Crippen molar-refractivity contribution < 1.29 is 9.53 Å². The van der Waals surface area contributed by atoms with E-state index in [4.69, 9.17) is 4.74 Å². The third kappa shape index (κ3) is 6.74. The number of carbonyl (C=O) groups excluding carboxylic acids is 1. The molecule has 1 N–H and O–H groups in total. The van der Waals surface area contributed by atoms with E-state index in [9.17, 15) is 4.79 Å². The number of amides is 1. The molecule has 0 bridgehead atoms. The van der Waals surface area contributed by atoms with Crippen LogP contribution in [0.25, 0.3) is 0 Å². The molecule has 20 heavy (non-hydrogen) atoms. The zero-order chi connectivity index (χ0) is 15.0. The summed E-state index contributed by atoms with van der Waals surface area (Å²) in [5.41, 5.74) is 1.10. The second-order valence-corrected chi connectivity index (χ2v) is 7.91. The summed E-state index contributed by atoms with van der Waals surface area (Å²) in [4.78, 5) is 11.8. The van der Waals surface area contributed by atoms with Crippen molar-refractivity contribution in [2.45, 2.75) is 27.8 Å². The first-order valence-corrected chi connectivity index (χ1v) is 8.75. The third-order valence-corrected chi connectivity index (χ3v) is 5.55. The highest BCUT2D eigenvalue weighted by Gasteiger charge is 2.16. The van der Waals surface area contributed by atoms with Gasteiger partial charge in [0.05, 0.1) is 11.9 Å². The SMILES string of the molecule is C=C(C)CSc1nnc(S[C@@H](C)C(=O)NCCOC)s1. The van der Waals surface area contributed by atoms with Crippen molar-refractivity contribution in [2.24, 2.45) is 0 Å². The lowest BCUT2D eigenvalue weighted by atomic mass is 10.4. The van der Waals surface area contributed by atoms with Crippen LogP contribution in [0.4, 0.5) is 0 Å². The Kier molecular flexibility index (Phi) is 8.20. The number of nitrogens with zero attached hydrogens (tertiary/aromatic N) is 2. The predicted molar refractivity (Wildman–Crippen MR) is 85.7 cm³/mol. The fourth-order valence-electron chi connectivity index (χ4n) is 1.11. The molecule has 1 rings (SSSR count). The first kappa shape index (κ1) is 17.5. The van der Waals surface area contributed by atoms with E-state index < -0.39 is 0 Å². The summed E-state index contributed by atoms with van der Waals surface area (Å²) in [7, 11) is 1.61. The maximum absolute atomic E-state index is 11.8. The molecule has 0 aromatic carbocycles. The molecule has 1 aromatic heterocycles. The molecule has 1 amide bonds. The van der Waals surface area contributed by atoms with Gasteiger partial charge in [-0.15, -0.1) is 10.2 Å². The largest absolute Gasteiger partial charge is 0.383 e. The summed E-state index contributed by atoms with van der Waals surface area (Å²) in [6, 6.07) is 0. The summed E-state index contributed by atoms with van der Waals surface area (Å²) in [6.45, 7) is 8.73. The van der Waals surface area contributed by atoms with Crippen LogP contribution in [0.5, 0.6) is 0 Å². The van der Waals surface area contributed by atoms with Crippen molar-refractivity contribution in [1.82, 2.24) is 15.5 Å². The molecule has 8 heteroatoms. The number of hydrogen-bond acceptors (Lipinski definition) is 7. The molecule has 1 atom stereocenters. The maximum Gasteiger partial charge on any atom is 0.233 e. The Morgan fingerprint density at radius 2 is 2.20 bits per heavy atom. The highest BCUT2D eigenvalue weighted by Crippen LogP contribution is 2.31. The standard InChI is InChI=1S/C12H19N3O2S3/c1-8(2)7-18-11-14-15-12(20-11)19-9(3)10(16)13-5-6-17-4/h9H,1,5-7H2,2-4H3,(H,13,16)/t9-/m0/s1. The molecule has 0 aliphatic heterocycles. The summed E-state index contributed by atoms with van der Waals surface area (Å²) in [6.07, 6.45) is 0. The minimum atomic E-state index is -0.196. The fourth-order valence-corrected chi connectivity index (χ4v) is 4.14. The van der Waals surface area contributed by atoms with E-state index >= 15 is 0 Å². The van der Waals surface area contributed by atoms with Gasteiger partial charge in [-0.1, -0.05) is 47.0 Å². The molecule has 0 radical (unpaired) electrons. The van der Waals surface area contributed by atoms with Gasteiger partial charge in [-0.2, -0.15) is 0 Å². The summed E-state index contributed by atoms with van der Waals surface area (Å²) >= 11 is 4.54. The number of hydrogen-bond donors (Lipinski definition) is 1. The lowest BCUT2D eigenvalue weighted by Gasteiger charge is -2.09. The lowest BCUT2D eigenvalue weighted by Crippen LogP contribution is -2.33. The van der Waals surface area contributed by atoms with Crippen LogP contribution in [-0.2, 0) is 9.53 Å². The quantitative estimate of drug-likeness (QED) is 0.425. The van der Waals surface area contributed by atoms with Crippen molar-refractivity contribution in [3.63, 3.8) is 0 Å². The van der Waals surface area contributed by atoms with Crippen LogP contribution in [0.3, 0.4) is 0 Å². The molecular formula is C12H19N3O2S3.